The van der Waals surface area contributed by atoms with Crippen LogP contribution < -0.4 is 0 Å². The summed E-state index contributed by atoms with van der Waals surface area (Å²) >= 11 is 0. The van der Waals surface area contributed by atoms with Gasteiger partial charge in [0.1, 0.15) is 6.61 Å². The van der Waals surface area contributed by atoms with Crippen LogP contribution >= 0.6 is 0 Å². The van der Waals surface area contributed by atoms with Crippen molar-refractivity contribution >= 4 is 12.1 Å². The highest BCUT2D eigenvalue weighted by atomic mass is 19.1. The second kappa shape index (κ2) is 4.92. The van der Waals surface area contributed by atoms with Gasteiger partial charge in [0.2, 0.25) is 6.36 Å². The van der Waals surface area contributed by atoms with Crippen molar-refractivity contribution in [3.63, 3.8) is 0 Å². The van der Waals surface area contributed by atoms with Crippen LogP contribution in [0.25, 0.3) is 0 Å². The zero-order valence-electron chi connectivity index (χ0n) is 8.01. The zero-order valence-corrected chi connectivity index (χ0v) is 8.01. The van der Waals surface area contributed by atoms with Gasteiger partial charge in [0.05, 0.1) is 0 Å². The van der Waals surface area contributed by atoms with Gasteiger partial charge in [-0.15, -0.1) is 0 Å². The van der Waals surface area contributed by atoms with Crippen LogP contribution in [0.2, 0.25) is 0 Å². The van der Waals surface area contributed by atoms with Crippen molar-refractivity contribution in [2.24, 2.45) is 0 Å². The Labute approximate surface area is 84.9 Å². The van der Waals surface area contributed by atoms with Crippen LogP contribution in [-0.4, -0.2) is 42.4 Å². The van der Waals surface area contributed by atoms with E-state index in [1.54, 1.807) is 0 Å². The summed E-state index contributed by atoms with van der Waals surface area (Å²) in [4.78, 5) is 21.4. The minimum atomic E-state index is -2.42. The highest BCUT2D eigenvalue weighted by Gasteiger charge is 2.39. The molecule has 0 aromatic heterocycles. The highest BCUT2D eigenvalue weighted by molar-refractivity contribution is 5.69. The Kier molecular flexibility index (Phi) is 3.84. The summed E-state index contributed by atoms with van der Waals surface area (Å²) < 4.78 is 26.1. The number of halogens is 1. The number of alkyl halides is 1. The fourth-order valence-electron chi connectivity index (χ4n) is 1.05. The topological polar surface area (TPSA) is 82.1 Å². The average molecular weight is 222 g/mol. The van der Waals surface area contributed by atoms with Crippen molar-refractivity contribution in [3.05, 3.63) is 0 Å². The maximum atomic E-state index is 12.7. The van der Waals surface area contributed by atoms with Gasteiger partial charge in [0, 0.05) is 6.42 Å². The van der Waals surface area contributed by atoms with Crippen LogP contribution in [-0.2, 0) is 19.0 Å². The Morgan fingerprint density at radius 3 is 2.87 bits per heavy atom. The summed E-state index contributed by atoms with van der Waals surface area (Å²) in [6, 6.07) is 0. The Balaban J connectivity index is 2.57. The predicted molar refractivity (Wildman–Crippen MR) is 43.5 cm³/mol. The zero-order chi connectivity index (χ0) is 11.4. The minimum absolute atomic E-state index is 0.0325. The maximum absolute atomic E-state index is 12.7. The number of hydrogen-bond acceptors (Lipinski definition) is 6. The van der Waals surface area contributed by atoms with Crippen molar-refractivity contribution in [1.29, 1.82) is 0 Å². The quantitative estimate of drug-likeness (QED) is 0.681. The second-order valence-electron chi connectivity index (χ2n) is 2.90. The fourth-order valence-corrected chi connectivity index (χ4v) is 1.05. The third kappa shape index (κ3) is 3.05. The summed E-state index contributed by atoms with van der Waals surface area (Å²) in [5.41, 5.74) is 0. The number of aliphatic hydroxyl groups excluding tert-OH is 1. The first kappa shape index (κ1) is 11.7. The van der Waals surface area contributed by atoms with E-state index in [9.17, 15) is 14.0 Å². The van der Waals surface area contributed by atoms with Crippen LogP contribution in [0.1, 0.15) is 13.3 Å². The summed E-state index contributed by atoms with van der Waals surface area (Å²) in [5.74, 6) is -0.695. The molecule has 1 heterocycles. The lowest BCUT2D eigenvalue weighted by Crippen LogP contribution is -2.40. The van der Waals surface area contributed by atoms with E-state index in [2.05, 4.69) is 14.2 Å². The van der Waals surface area contributed by atoms with E-state index in [1.807, 2.05) is 0 Å². The Bertz CT molecular complexity index is 254. The molecule has 0 aromatic rings. The van der Waals surface area contributed by atoms with E-state index in [4.69, 9.17) is 5.11 Å². The molecule has 1 saturated heterocycles. The number of ether oxygens (including phenoxy) is 3. The Hall–Kier alpha value is -1.37. The van der Waals surface area contributed by atoms with Crippen LogP contribution in [0.3, 0.4) is 0 Å². The molecule has 1 rings (SSSR count). The number of esters is 1. The van der Waals surface area contributed by atoms with E-state index >= 15 is 0 Å². The number of carbonyl (C=O) groups is 2. The van der Waals surface area contributed by atoms with Gasteiger partial charge in [-0.25, -0.2) is 9.18 Å². The molecule has 0 spiro atoms. The number of hydrogen-bond donors (Lipinski definition) is 1. The van der Waals surface area contributed by atoms with Crippen LogP contribution in [0.15, 0.2) is 0 Å². The van der Waals surface area contributed by atoms with Crippen molar-refractivity contribution in [2.45, 2.75) is 31.9 Å². The predicted octanol–water partition coefficient (Wildman–Crippen LogP) is 0.132. The smallest absolute Gasteiger partial charge is 0.452 e. The molecule has 0 aromatic carbocycles. The van der Waals surface area contributed by atoms with E-state index in [1.165, 1.54) is 6.92 Å². The van der Waals surface area contributed by atoms with Crippen molar-refractivity contribution in [2.75, 3.05) is 6.61 Å². The number of carbonyl (C=O) groups excluding carboxylic acids is 2. The lowest BCUT2D eigenvalue weighted by Gasteiger charge is -2.20. The average Bonchev–Trinajstić information content (AvgIpc) is 2.60. The van der Waals surface area contributed by atoms with E-state index in [0.29, 0.717) is 0 Å². The molecule has 1 aliphatic heterocycles. The van der Waals surface area contributed by atoms with Gasteiger partial charge in [-0.1, -0.05) is 6.92 Å². The number of cyclic esters (lactones) is 2. The van der Waals surface area contributed by atoms with Crippen molar-refractivity contribution < 1.29 is 33.3 Å². The fraction of sp³-hybridized carbons (Fsp3) is 0.750. The Morgan fingerprint density at radius 1 is 1.80 bits per heavy atom. The van der Waals surface area contributed by atoms with Gasteiger partial charge in [-0.3, -0.25) is 4.79 Å². The maximum Gasteiger partial charge on any atom is 0.508 e. The number of aliphatic hydroxyl groups is 1. The molecule has 3 atom stereocenters. The molecule has 86 valence electrons. The van der Waals surface area contributed by atoms with Gasteiger partial charge < -0.3 is 19.3 Å². The molecule has 1 fully saturated rings. The van der Waals surface area contributed by atoms with E-state index < -0.39 is 30.7 Å². The first-order valence-corrected chi connectivity index (χ1v) is 4.39. The highest BCUT2D eigenvalue weighted by Crippen LogP contribution is 2.17. The summed E-state index contributed by atoms with van der Waals surface area (Å²) in [7, 11) is 0. The monoisotopic (exact) mass is 222 g/mol. The lowest BCUT2D eigenvalue weighted by molar-refractivity contribution is -0.174. The van der Waals surface area contributed by atoms with E-state index in [-0.39, 0.29) is 13.0 Å². The molecular weight excluding hydrogens is 211 g/mol. The molecule has 1 N–H and O–H groups in total. The Morgan fingerprint density at radius 2 is 2.47 bits per heavy atom. The first-order valence-electron chi connectivity index (χ1n) is 4.39. The molecule has 0 amide bonds. The van der Waals surface area contributed by atoms with E-state index in [0.717, 1.165) is 0 Å². The number of rotatable bonds is 4. The summed E-state index contributed by atoms with van der Waals surface area (Å²) in [6.07, 6.45) is -6.00. The van der Waals surface area contributed by atoms with Crippen LogP contribution in [0.5, 0.6) is 0 Å². The molecule has 3 unspecified atom stereocenters. The molecule has 15 heavy (non-hydrogen) atoms. The molecule has 6 nitrogen and oxygen atoms in total. The molecule has 0 radical (unpaired) electrons. The standard InChI is InChI=1S/C8H11FO6/c1-2-5(10)15-6(7(9)11)4-3-13-8(12)14-4/h4,6-7,11H,2-3H2,1H3. The normalized spacial score (nSPS) is 23.9. The van der Waals surface area contributed by atoms with Crippen molar-refractivity contribution in [3.8, 4) is 0 Å². The first-order chi connectivity index (χ1) is 7.04. The third-order valence-electron chi connectivity index (χ3n) is 1.81. The minimum Gasteiger partial charge on any atom is -0.452 e. The molecule has 0 saturated carbocycles. The van der Waals surface area contributed by atoms with Crippen molar-refractivity contribution in [1.82, 2.24) is 0 Å². The third-order valence-corrected chi connectivity index (χ3v) is 1.81. The molecule has 1 aliphatic rings. The van der Waals surface area contributed by atoms with Gasteiger partial charge in [-0.2, -0.15) is 0 Å². The summed E-state index contributed by atoms with van der Waals surface area (Å²) in [6.45, 7) is 1.27. The molecule has 7 heteroatoms. The molecule has 0 bridgehead atoms. The molecular formula is C8H11FO6. The lowest BCUT2D eigenvalue weighted by atomic mass is 10.2. The van der Waals surface area contributed by atoms with Gasteiger partial charge in [-0.05, 0) is 0 Å². The van der Waals surface area contributed by atoms with Crippen LogP contribution in [0, 0.1) is 0 Å². The van der Waals surface area contributed by atoms with Gasteiger partial charge in [0.25, 0.3) is 0 Å². The second-order valence-corrected chi connectivity index (χ2v) is 2.90. The SMILES string of the molecule is CCC(=O)OC(C(O)F)C1COC(=O)O1. The molecule has 0 aliphatic carbocycles. The van der Waals surface area contributed by atoms with Gasteiger partial charge >= 0.3 is 12.1 Å². The van der Waals surface area contributed by atoms with Crippen LogP contribution in [0.4, 0.5) is 9.18 Å². The van der Waals surface area contributed by atoms with Gasteiger partial charge in [0.15, 0.2) is 12.2 Å². The largest absolute Gasteiger partial charge is 0.508 e. The summed E-state index contributed by atoms with van der Waals surface area (Å²) in [5, 5.41) is 8.71.